The number of rotatable bonds is 8. The topological polar surface area (TPSA) is 58.2 Å². The first-order chi connectivity index (χ1) is 12.1. The van der Waals surface area contributed by atoms with Crippen molar-refractivity contribution in [1.29, 1.82) is 0 Å². The fraction of sp³-hybridized carbons (Fsp3) is 0.333. The molecule has 2 aromatic carbocycles. The highest BCUT2D eigenvalue weighted by molar-refractivity contribution is 5.97. The van der Waals surface area contributed by atoms with E-state index in [1.807, 2.05) is 48.5 Å². The number of carbonyl (C=O) groups excluding carboxylic acids is 2. The van der Waals surface area contributed by atoms with Crippen LogP contribution < -0.4 is 10.6 Å². The van der Waals surface area contributed by atoms with Crippen molar-refractivity contribution in [1.82, 2.24) is 10.6 Å². The highest BCUT2D eigenvalue weighted by Gasteiger charge is 2.21. The van der Waals surface area contributed by atoms with Crippen molar-refractivity contribution in [2.24, 2.45) is 5.92 Å². The summed E-state index contributed by atoms with van der Waals surface area (Å²) in [4.78, 5) is 25.0. The van der Waals surface area contributed by atoms with Crippen molar-refractivity contribution in [2.75, 3.05) is 6.54 Å². The second-order valence-corrected chi connectivity index (χ2v) is 6.56. The van der Waals surface area contributed by atoms with Gasteiger partial charge in [0.2, 0.25) is 5.91 Å². The Morgan fingerprint density at radius 3 is 2.12 bits per heavy atom. The molecule has 0 aromatic heterocycles. The number of carbonyl (C=O) groups is 2. The van der Waals surface area contributed by atoms with E-state index in [4.69, 9.17) is 0 Å². The van der Waals surface area contributed by atoms with Gasteiger partial charge in [-0.1, -0.05) is 62.4 Å². The maximum absolute atomic E-state index is 12.6. The van der Waals surface area contributed by atoms with Crippen LogP contribution in [0.5, 0.6) is 0 Å². The van der Waals surface area contributed by atoms with Crippen molar-refractivity contribution in [3.63, 3.8) is 0 Å². The van der Waals surface area contributed by atoms with E-state index in [9.17, 15) is 9.59 Å². The Bertz CT molecular complexity index is 669. The quantitative estimate of drug-likeness (QED) is 0.776. The van der Waals surface area contributed by atoms with Gasteiger partial charge in [-0.3, -0.25) is 9.59 Å². The third kappa shape index (κ3) is 6.42. The Morgan fingerprint density at radius 2 is 1.52 bits per heavy atom. The van der Waals surface area contributed by atoms with E-state index >= 15 is 0 Å². The highest BCUT2D eigenvalue weighted by Crippen LogP contribution is 2.06. The summed E-state index contributed by atoms with van der Waals surface area (Å²) in [7, 11) is 0. The van der Waals surface area contributed by atoms with E-state index in [1.165, 1.54) is 0 Å². The summed E-state index contributed by atoms with van der Waals surface area (Å²) < 4.78 is 0. The van der Waals surface area contributed by atoms with Crippen LogP contribution in [0.15, 0.2) is 60.7 Å². The van der Waals surface area contributed by atoms with Crippen LogP contribution >= 0.6 is 0 Å². The zero-order valence-electron chi connectivity index (χ0n) is 14.9. The molecule has 4 heteroatoms. The molecule has 0 saturated heterocycles. The highest BCUT2D eigenvalue weighted by atomic mass is 16.2. The monoisotopic (exact) mass is 338 g/mol. The Kier molecular flexibility index (Phi) is 7.20. The number of amides is 2. The Labute approximate surface area is 149 Å². The lowest BCUT2D eigenvalue weighted by molar-refractivity contribution is -0.123. The summed E-state index contributed by atoms with van der Waals surface area (Å²) in [5.74, 6) is 0.140. The van der Waals surface area contributed by atoms with E-state index in [-0.39, 0.29) is 11.8 Å². The van der Waals surface area contributed by atoms with Crippen molar-refractivity contribution < 1.29 is 9.59 Å². The zero-order chi connectivity index (χ0) is 18.1. The van der Waals surface area contributed by atoms with E-state index in [0.29, 0.717) is 24.4 Å². The predicted molar refractivity (Wildman–Crippen MR) is 100 cm³/mol. The molecule has 4 nitrogen and oxygen atoms in total. The van der Waals surface area contributed by atoms with Crippen LogP contribution in [0.25, 0.3) is 0 Å². The summed E-state index contributed by atoms with van der Waals surface area (Å²) >= 11 is 0. The molecule has 0 heterocycles. The molecule has 2 amide bonds. The summed E-state index contributed by atoms with van der Waals surface area (Å²) in [5, 5.41) is 5.81. The second kappa shape index (κ2) is 9.62. The maximum Gasteiger partial charge on any atom is 0.251 e. The minimum absolute atomic E-state index is 0.145. The first-order valence-electron chi connectivity index (χ1n) is 8.74. The van der Waals surface area contributed by atoms with E-state index < -0.39 is 6.04 Å². The standard InChI is InChI=1S/C21H26N2O2/c1-16(2)13-14-22-21(25)19(15-17-9-5-3-6-10-17)23-20(24)18-11-7-4-8-12-18/h3-12,16,19H,13-15H2,1-2H3,(H,22,25)(H,23,24). The SMILES string of the molecule is CC(C)CCNC(=O)C(Cc1ccccc1)NC(=O)c1ccccc1. The predicted octanol–water partition coefficient (Wildman–Crippen LogP) is 3.19. The fourth-order valence-corrected chi connectivity index (χ4v) is 2.50. The second-order valence-electron chi connectivity index (χ2n) is 6.56. The summed E-state index contributed by atoms with van der Waals surface area (Å²) in [6.45, 7) is 4.85. The number of nitrogens with one attached hydrogen (secondary N) is 2. The van der Waals surface area contributed by atoms with Crippen LogP contribution in [-0.4, -0.2) is 24.4 Å². The minimum Gasteiger partial charge on any atom is -0.354 e. The minimum atomic E-state index is -0.595. The zero-order valence-corrected chi connectivity index (χ0v) is 14.9. The molecule has 1 unspecified atom stereocenters. The average Bonchev–Trinajstić information content (AvgIpc) is 2.62. The molecule has 0 radical (unpaired) electrons. The van der Waals surface area contributed by atoms with Gasteiger partial charge in [-0.15, -0.1) is 0 Å². The van der Waals surface area contributed by atoms with Gasteiger partial charge in [-0.05, 0) is 30.0 Å². The van der Waals surface area contributed by atoms with Gasteiger partial charge in [0, 0.05) is 18.5 Å². The fourth-order valence-electron chi connectivity index (χ4n) is 2.50. The average molecular weight is 338 g/mol. The van der Waals surface area contributed by atoms with E-state index in [2.05, 4.69) is 24.5 Å². The van der Waals surface area contributed by atoms with Gasteiger partial charge in [0.25, 0.3) is 5.91 Å². The molecule has 0 aliphatic heterocycles. The van der Waals surface area contributed by atoms with Gasteiger partial charge in [0.1, 0.15) is 6.04 Å². The molecular formula is C21H26N2O2. The lowest BCUT2D eigenvalue weighted by Gasteiger charge is -2.19. The lowest BCUT2D eigenvalue weighted by atomic mass is 10.0. The molecule has 1 atom stereocenters. The van der Waals surface area contributed by atoms with Gasteiger partial charge in [-0.25, -0.2) is 0 Å². The van der Waals surface area contributed by atoms with Gasteiger partial charge in [-0.2, -0.15) is 0 Å². The Morgan fingerprint density at radius 1 is 0.920 bits per heavy atom. The molecule has 25 heavy (non-hydrogen) atoms. The molecular weight excluding hydrogens is 312 g/mol. The molecule has 0 saturated carbocycles. The van der Waals surface area contributed by atoms with E-state index in [1.54, 1.807) is 12.1 Å². The third-order valence-electron chi connectivity index (χ3n) is 3.96. The largest absolute Gasteiger partial charge is 0.354 e. The normalized spacial score (nSPS) is 11.8. The van der Waals surface area contributed by atoms with Crippen LogP contribution in [0.2, 0.25) is 0 Å². The third-order valence-corrected chi connectivity index (χ3v) is 3.96. The summed E-state index contributed by atoms with van der Waals surface area (Å²) in [5.41, 5.74) is 1.57. The molecule has 0 aliphatic carbocycles. The maximum atomic E-state index is 12.6. The van der Waals surface area contributed by atoms with Crippen molar-refractivity contribution in [2.45, 2.75) is 32.7 Å². The van der Waals surface area contributed by atoms with E-state index in [0.717, 1.165) is 12.0 Å². The molecule has 0 aliphatic rings. The van der Waals surface area contributed by atoms with Crippen molar-refractivity contribution >= 4 is 11.8 Å². The van der Waals surface area contributed by atoms with Crippen LogP contribution in [0.4, 0.5) is 0 Å². The van der Waals surface area contributed by atoms with Crippen LogP contribution in [0.1, 0.15) is 36.2 Å². The van der Waals surface area contributed by atoms with Crippen molar-refractivity contribution in [3.05, 3.63) is 71.8 Å². The molecule has 2 N–H and O–H groups in total. The molecule has 132 valence electrons. The lowest BCUT2D eigenvalue weighted by Crippen LogP contribution is -2.48. The summed E-state index contributed by atoms with van der Waals surface area (Å²) in [6, 6.07) is 18.1. The first-order valence-corrected chi connectivity index (χ1v) is 8.74. The van der Waals surface area contributed by atoms with Gasteiger partial charge in [0.15, 0.2) is 0 Å². The van der Waals surface area contributed by atoms with Crippen LogP contribution in [-0.2, 0) is 11.2 Å². The summed E-state index contributed by atoms with van der Waals surface area (Å²) in [6.07, 6.45) is 1.38. The number of benzene rings is 2. The number of hydrogen-bond donors (Lipinski definition) is 2. The van der Waals surface area contributed by atoms with Crippen LogP contribution in [0, 0.1) is 5.92 Å². The first kappa shape index (κ1) is 18.7. The number of hydrogen-bond acceptors (Lipinski definition) is 2. The Hall–Kier alpha value is -2.62. The van der Waals surface area contributed by atoms with Crippen molar-refractivity contribution in [3.8, 4) is 0 Å². The molecule has 0 fully saturated rings. The van der Waals surface area contributed by atoms with Gasteiger partial charge in [0.05, 0.1) is 0 Å². The molecule has 2 rings (SSSR count). The Balaban J connectivity index is 2.05. The van der Waals surface area contributed by atoms with Gasteiger partial charge < -0.3 is 10.6 Å². The van der Waals surface area contributed by atoms with Crippen LogP contribution in [0.3, 0.4) is 0 Å². The smallest absolute Gasteiger partial charge is 0.251 e. The van der Waals surface area contributed by atoms with Gasteiger partial charge >= 0.3 is 0 Å². The molecule has 2 aromatic rings. The molecule has 0 spiro atoms. The molecule has 0 bridgehead atoms.